The number of H-pyrrole nitrogens is 2. The van der Waals surface area contributed by atoms with E-state index in [1.54, 1.807) is 18.2 Å². The molecule has 2 aromatic carbocycles. The topological polar surface area (TPSA) is 69.4 Å². The zero-order valence-electron chi connectivity index (χ0n) is 21.6. The normalized spacial score (nSPS) is 12.3. The number of benzene rings is 2. The minimum absolute atomic E-state index is 0.258. The first-order chi connectivity index (χ1) is 18.5. The number of hydrogen-bond donors (Lipinski definition) is 3. The Bertz CT molecular complexity index is 1720. The molecule has 0 saturated heterocycles. The number of aromatic amines is 2. The number of allylic oxidation sites excluding steroid dienone is 5. The van der Waals surface area contributed by atoms with Gasteiger partial charge in [0.05, 0.1) is 11.4 Å². The van der Waals surface area contributed by atoms with E-state index in [1.165, 1.54) is 6.07 Å². The van der Waals surface area contributed by atoms with E-state index in [2.05, 4.69) is 57.7 Å². The van der Waals surface area contributed by atoms with E-state index in [4.69, 9.17) is 0 Å². The maximum absolute atomic E-state index is 13.9. The first-order valence-corrected chi connectivity index (χ1v) is 12.7. The molecule has 5 nitrogen and oxygen atoms in total. The molecule has 3 heterocycles. The van der Waals surface area contributed by atoms with Crippen molar-refractivity contribution in [1.82, 2.24) is 25.5 Å². The van der Waals surface area contributed by atoms with Crippen molar-refractivity contribution in [2.75, 3.05) is 0 Å². The fourth-order valence-electron chi connectivity index (χ4n) is 4.68. The van der Waals surface area contributed by atoms with Crippen LogP contribution in [0.25, 0.3) is 50.0 Å². The summed E-state index contributed by atoms with van der Waals surface area (Å²) in [7, 11) is 0. The minimum Gasteiger partial charge on any atom is -0.359 e. The van der Waals surface area contributed by atoms with Crippen LogP contribution in [0.1, 0.15) is 32.3 Å². The van der Waals surface area contributed by atoms with Gasteiger partial charge < -0.3 is 10.3 Å². The summed E-state index contributed by atoms with van der Waals surface area (Å²) in [6, 6.07) is 16.8. The van der Waals surface area contributed by atoms with Crippen LogP contribution in [0.15, 0.2) is 104 Å². The molecule has 190 valence electrons. The van der Waals surface area contributed by atoms with Crippen molar-refractivity contribution in [3.63, 3.8) is 0 Å². The summed E-state index contributed by atoms with van der Waals surface area (Å²) < 4.78 is 13.9. The van der Waals surface area contributed by atoms with Crippen molar-refractivity contribution in [2.24, 2.45) is 0 Å². The molecule has 0 unspecified atom stereocenters. The second kappa shape index (κ2) is 10.7. The van der Waals surface area contributed by atoms with E-state index in [1.807, 2.05) is 49.5 Å². The first-order valence-electron chi connectivity index (χ1n) is 12.7. The van der Waals surface area contributed by atoms with Gasteiger partial charge >= 0.3 is 0 Å². The van der Waals surface area contributed by atoms with E-state index >= 15 is 0 Å². The van der Waals surface area contributed by atoms with Gasteiger partial charge in [-0.25, -0.2) is 9.37 Å². The molecule has 0 bridgehead atoms. The number of nitrogens with one attached hydrogen (secondary N) is 3. The maximum Gasteiger partial charge on any atom is 0.181 e. The minimum atomic E-state index is -0.258. The van der Waals surface area contributed by atoms with Crippen LogP contribution < -0.4 is 5.32 Å². The summed E-state index contributed by atoms with van der Waals surface area (Å²) in [5.74, 6) is -0.258. The average Bonchev–Trinajstić information content (AvgIpc) is 3.54. The third kappa shape index (κ3) is 4.93. The molecule has 0 aliphatic carbocycles. The largest absolute Gasteiger partial charge is 0.359 e. The lowest BCUT2D eigenvalue weighted by atomic mass is 10.0. The number of nitrogens with zero attached hydrogens (tertiary/aromatic N) is 2. The summed E-state index contributed by atoms with van der Waals surface area (Å²) >= 11 is 0. The van der Waals surface area contributed by atoms with E-state index in [-0.39, 0.29) is 5.82 Å². The molecule has 3 aromatic heterocycles. The second-order valence-corrected chi connectivity index (χ2v) is 9.18. The fraction of sp³-hybridized carbons (Fsp3) is 0.125. The maximum atomic E-state index is 13.9. The number of halogens is 1. The fourth-order valence-corrected chi connectivity index (χ4v) is 4.68. The van der Waals surface area contributed by atoms with Crippen LogP contribution in [-0.4, -0.2) is 20.2 Å². The van der Waals surface area contributed by atoms with Crippen LogP contribution in [-0.2, 0) is 0 Å². The van der Waals surface area contributed by atoms with E-state index in [9.17, 15) is 4.39 Å². The van der Waals surface area contributed by atoms with Crippen LogP contribution in [0, 0.1) is 5.82 Å². The number of fused-ring (bicyclic) bond motifs is 2. The quantitative estimate of drug-likeness (QED) is 0.177. The predicted octanol–water partition coefficient (Wildman–Crippen LogP) is 8.29. The van der Waals surface area contributed by atoms with E-state index in [0.717, 1.165) is 74.2 Å². The standard InChI is InChI=1S/C32H30FN5/c1-5-10-20(4)35-25(7-3)16-21(6-2)23-17-28-31(37-38-32(28)34-19-23)30-18-27-26(13-9-14-29(27)36-30)22-11-8-12-24(33)15-22/h6-9,11-19,35-36H,3-5,10H2,1-2H3,(H,34,37,38)/b21-6+,25-16+. The van der Waals surface area contributed by atoms with Gasteiger partial charge in [0.2, 0.25) is 0 Å². The third-order valence-electron chi connectivity index (χ3n) is 6.53. The highest BCUT2D eigenvalue weighted by Crippen LogP contribution is 2.34. The van der Waals surface area contributed by atoms with Crippen molar-refractivity contribution in [3.05, 3.63) is 115 Å². The number of hydrogen-bond acceptors (Lipinski definition) is 3. The summed E-state index contributed by atoms with van der Waals surface area (Å²) in [4.78, 5) is 8.12. The van der Waals surface area contributed by atoms with Crippen molar-refractivity contribution in [1.29, 1.82) is 0 Å². The molecule has 0 aliphatic rings. The molecule has 0 radical (unpaired) electrons. The molecule has 38 heavy (non-hydrogen) atoms. The summed E-state index contributed by atoms with van der Waals surface area (Å²) in [5, 5.41) is 12.9. The van der Waals surface area contributed by atoms with Gasteiger partial charge in [-0.15, -0.1) is 0 Å². The van der Waals surface area contributed by atoms with Gasteiger partial charge in [-0.3, -0.25) is 5.10 Å². The molecular formula is C32H30FN5. The van der Waals surface area contributed by atoms with Crippen molar-refractivity contribution in [2.45, 2.75) is 26.7 Å². The summed E-state index contributed by atoms with van der Waals surface area (Å²) in [5.41, 5.74) is 8.90. The molecule has 6 heteroatoms. The summed E-state index contributed by atoms with van der Waals surface area (Å²) in [6.07, 6.45) is 9.63. The van der Waals surface area contributed by atoms with Gasteiger partial charge in [-0.2, -0.15) is 5.10 Å². The van der Waals surface area contributed by atoms with Crippen LogP contribution in [0.5, 0.6) is 0 Å². The Morgan fingerprint density at radius 2 is 1.95 bits per heavy atom. The Labute approximate surface area is 221 Å². The lowest BCUT2D eigenvalue weighted by Crippen LogP contribution is -2.10. The lowest BCUT2D eigenvalue weighted by molar-refractivity contribution is 0.628. The first kappa shape index (κ1) is 25.0. The molecule has 0 atom stereocenters. The van der Waals surface area contributed by atoms with Crippen molar-refractivity contribution < 1.29 is 4.39 Å². The molecule has 3 N–H and O–H groups in total. The van der Waals surface area contributed by atoms with Gasteiger partial charge in [0, 0.05) is 39.4 Å². The van der Waals surface area contributed by atoms with Crippen molar-refractivity contribution in [3.8, 4) is 22.5 Å². The van der Waals surface area contributed by atoms with Crippen LogP contribution in [0.3, 0.4) is 0 Å². The van der Waals surface area contributed by atoms with Gasteiger partial charge in [-0.05, 0) is 72.5 Å². The third-order valence-corrected chi connectivity index (χ3v) is 6.53. The van der Waals surface area contributed by atoms with Gasteiger partial charge in [0.25, 0.3) is 0 Å². The Kier molecular flexibility index (Phi) is 7.05. The lowest BCUT2D eigenvalue weighted by Gasteiger charge is -2.11. The molecule has 0 spiro atoms. The SMILES string of the molecule is C=C/C(=C\C(=C/C)c1cnc2n[nH]c(-c3cc4c(-c5cccc(F)c5)cccc4[nH]3)c2c1)NC(=C)CCC. The Morgan fingerprint density at radius 3 is 2.71 bits per heavy atom. The number of rotatable bonds is 9. The molecule has 0 amide bonds. The highest BCUT2D eigenvalue weighted by atomic mass is 19.1. The molecule has 5 rings (SSSR count). The van der Waals surface area contributed by atoms with Crippen LogP contribution in [0.4, 0.5) is 4.39 Å². The average molecular weight is 504 g/mol. The number of pyridine rings is 1. The van der Waals surface area contributed by atoms with Gasteiger partial charge in [0.1, 0.15) is 5.82 Å². The molecule has 0 saturated carbocycles. The van der Waals surface area contributed by atoms with E-state index in [0.29, 0.717) is 5.65 Å². The zero-order valence-corrected chi connectivity index (χ0v) is 21.6. The van der Waals surface area contributed by atoms with Gasteiger partial charge in [0.15, 0.2) is 5.65 Å². The highest BCUT2D eigenvalue weighted by Gasteiger charge is 2.15. The molecule has 0 fully saturated rings. The zero-order chi connectivity index (χ0) is 26.6. The Morgan fingerprint density at radius 1 is 1.11 bits per heavy atom. The van der Waals surface area contributed by atoms with Crippen LogP contribution in [0.2, 0.25) is 0 Å². The van der Waals surface area contributed by atoms with Crippen LogP contribution >= 0.6 is 0 Å². The molecule has 0 aliphatic heterocycles. The predicted molar refractivity (Wildman–Crippen MR) is 156 cm³/mol. The smallest absolute Gasteiger partial charge is 0.181 e. The monoisotopic (exact) mass is 503 g/mol. The van der Waals surface area contributed by atoms with E-state index < -0.39 is 0 Å². The van der Waals surface area contributed by atoms with Gasteiger partial charge in [-0.1, -0.05) is 56.8 Å². The summed E-state index contributed by atoms with van der Waals surface area (Å²) in [6.45, 7) is 12.2. The molecular weight excluding hydrogens is 473 g/mol. The second-order valence-electron chi connectivity index (χ2n) is 9.18. The Hall–Kier alpha value is -4.71. The molecule has 5 aromatic rings. The Balaban J connectivity index is 1.55. The van der Waals surface area contributed by atoms with Crippen molar-refractivity contribution >= 4 is 27.5 Å². The highest BCUT2D eigenvalue weighted by molar-refractivity contribution is 6.01. The number of aromatic nitrogens is 4.